The molecule has 5 nitrogen and oxygen atoms in total. The number of hydrogen-bond acceptors (Lipinski definition) is 4. The summed E-state index contributed by atoms with van der Waals surface area (Å²) in [5, 5.41) is 3.13. The first-order valence-electron chi connectivity index (χ1n) is 13.1. The first kappa shape index (κ1) is 31.0. The van der Waals surface area contributed by atoms with Crippen LogP contribution in [0.2, 0.25) is 0 Å². The summed E-state index contributed by atoms with van der Waals surface area (Å²) in [6.45, 7) is 10.9. The van der Waals surface area contributed by atoms with E-state index in [1.807, 2.05) is 34.6 Å². The van der Waals surface area contributed by atoms with Crippen LogP contribution in [0.25, 0.3) is 0 Å². The molecule has 0 aromatic rings. The van der Waals surface area contributed by atoms with Crippen LogP contribution in [0.15, 0.2) is 0 Å². The summed E-state index contributed by atoms with van der Waals surface area (Å²) in [7, 11) is 0. The maximum absolute atomic E-state index is 12.0. The van der Waals surface area contributed by atoms with Gasteiger partial charge < -0.3 is 10.1 Å². The minimum atomic E-state index is 0.141. The van der Waals surface area contributed by atoms with Crippen molar-refractivity contribution in [2.45, 2.75) is 130 Å². The molecule has 0 radical (unpaired) electrons. The molecule has 0 spiro atoms. The van der Waals surface area contributed by atoms with E-state index in [1.54, 1.807) is 0 Å². The number of ketones is 1. The van der Waals surface area contributed by atoms with Gasteiger partial charge in [-0.05, 0) is 61.8 Å². The lowest BCUT2D eigenvalue weighted by Crippen LogP contribution is -2.38. The number of halogens is 1. The Bertz CT molecular complexity index is 459. The van der Waals surface area contributed by atoms with Crippen LogP contribution >= 0.6 is 0 Å². The zero-order chi connectivity index (χ0) is 24.2. The Labute approximate surface area is 196 Å². The third kappa shape index (κ3) is 15.7. The van der Waals surface area contributed by atoms with Crippen molar-refractivity contribution >= 4 is 11.7 Å². The van der Waals surface area contributed by atoms with Crippen LogP contribution in [-0.2, 0) is 19.3 Å². The molecule has 0 unspecified atom stereocenters. The Kier molecular flexibility index (Phi) is 19.9. The molecule has 2 aliphatic rings. The summed E-state index contributed by atoms with van der Waals surface area (Å²) in [5.74, 6) is 1.30. The number of nitrogens with one attached hydrogen (secondary N) is 1. The average Bonchev–Trinajstić information content (AvgIpc) is 2.83. The smallest absolute Gasteiger partial charge is 0.220 e. The Morgan fingerprint density at radius 3 is 2.09 bits per heavy atom. The average molecular weight is 460 g/mol. The van der Waals surface area contributed by atoms with Crippen LogP contribution in [0.1, 0.15) is 118 Å². The Hall–Kier alpha value is -1.01. The van der Waals surface area contributed by atoms with Gasteiger partial charge in [0.05, 0.1) is 12.7 Å². The number of rotatable bonds is 11. The fraction of sp³-hybridized carbons (Fsp3) is 0.923. The van der Waals surface area contributed by atoms with Crippen LogP contribution in [-0.4, -0.2) is 37.0 Å². The van der Waals surface area contributed by atoms with E-state index in [9.17, 15) is 14.1 Å². The summed E-state index contributed by atoms with van der Waals surface area (Å²) >= 11 is 0. The van der Waals surface area contributed by atoms with Gasteiger partial charge in [0, 0.05) is 31.4 Å². The SMILES string of the molecule is CC.CC(C)CCOF.CCC(=O)C1CCC(NC(=O)CCCOC2CCCCC2)CC1. The predicted octanol–water partition coefficient (Wildman–Crippen LogP) is 6.73. The molecule has 2 rings (SSSR count). The van der Waals surface area contributed by atoms with Gasteiger partial charge in [-0.3, -0.25) is 9.59 Å². The van der Waals surface area contributed by atoms with Crippen molar-refractivity contribution < 1.29 is 23.8 Å². The molecule has 32 heavy (non-hydrogen) atoms. The van der Waals surface area contributed by atoms with Gasteiger partial charge in [-0.1, -0.05) is 53.9 Å². The van der Waals surface area contributed by atoms with E-state index in [4.69, 9.17) is 4.74 Å². The predicted molar refractivity (Wildman–Crippen MR) is 129 cm³/mol. The summed E-state index contributed by atoms with van der Waals surface area (Å²) < 4.78 is 16.7. The van der Waals surface area contributed by atoms with Gasteiger partial charge in [-0.25, -0.2) is 0 Å². The van der Waals surface area contributed by atoms with Crippen LogP contribution < -0.4 is 5.32 Å². The van der Waals surface area contributed by atoms with Gasteiger partial charge in [-0.15, -0.1) is 0 Å². The zero-order valence-electron chi connectivity index (χ0n) is 21.4. The Balaban J connectivity index is 0.000000911. The molecule has 1 amide bonds. The second kappa shape index (κ2) is 20.6. The highest BCUT2D eigenvalue weighted by molar-refractivity contribution is 5.80. The van der Waals surface area contributed by atoms with Crippen molar-refractivity contribution in [3.05, 3.63) is 0 Å². The molecule has 1 N–H and O–H groups in total. The van der Waals surface area contributed by atoms with Crippen molar-refractivity contribution in [1.82, 2.24) is 5.32 Å². The second-order valence-electron chi connectivity index (χ2n) is 9.17. The molecule has 0 aromatic carbocycles. The molecule has 0 aliphatic heterocycles. The second-order valence-corrected chi connectivity index (χ2v) is 9.17. The molecule has 2 saturated carbocycles. The molecular weight excluding hydrogens is 409 g/mol. The van der Waals surface area contributed by atoms with Gasteiger partial charge in [0.25, 0.3) is 0 Å². The summed E-state index contributed by atoms with van der Waals surface area (Å²) in [5.41, 5.74) is 0. The van der Waals surface area contributed by atoms with E-state index in [0.717, 1.165) is 38.5 Å². The van der Waals surface area contributed by atoms with Crippen LogP contribution in [0.4, 0.5) is 4.53 Å². The quantitative estimate of drug-likeness (QED) is 0.348. The normalized spacial score (nSPS) is 21.1. The Morgan fingerprint density at radius 2 is 1.59 bits per heavy atom. The van der Waals surface area contributed by atoms with Gasteiger partial charge in [-0.2, -0.15) is 4.94 Å². The molecule has 0 saturated heterocycles. The fourth-order valence-corrected chi connectivity index (χ4v) is 4.14. The van der Waals surface area contributed by atoms with Gasteiger partial charge in [0.15, 0.2) is 0 Å². The monoisotopic (exact) mass is 459 g/mol. The number of Topliss-reactive ketones (excluding diaryl/α,β-unsaturated/α-hetero) is 1. The molecule has 0 aromatic heterocycles. The number of ether oxygens (including phenoxy) is 1. The molecule has 0 heterocycles. The third-order valence-electron chi connectivity index (χ3n) is 6.12. The Morgan fingerprint density at radius 1 is 0.969 bits per heavy atom. The molecule has 2 aliphatic carbocycles. The van der Waals surface area contributed by atoms with E-state index < -0.39 is 0 Å². The maximum atomic E-state index is 12.0. The van der Waals surface area contributed by atoms with E-state index in [-0.39, 0.29) is 24.5 Å². The van der Waals surface area contributed by atoms with E-state index in [1.165, 1.54) is 32.1 Å². The van der Waals surface area contributed by atoms with Crippen LogP contribution in [0, 0.1) is 11.8 Å². The zero-order valence-corrected chi connectivity index (χ0v) is 21.4. The fourth-order valence-electron chi connectivity index (χ4n) is 4.14. The highest BCUT2D eigenvalue weighted by Gasteiger charge is 2.25. The molecule has 0 atom stereocenters. The lowest BCUT2D eigenvalue weighted by molar-refractivity contribution is -0.134. The number of hydrogen-bond donors (Lipinski definition) is 1. The molecule has 2 fully saturated rings. The van der Waals surface area contributed by atoms with Crippen LogP contribution in [0.3, 0.4) is 0 Å². The number of carbonyl (C=O) groups excluding carboxylic acids is 2. The van der Waals surface area contributed by atoms with Gasteiger partial charge in [0.2, 0.25) is 5.91 Å². The first-order valence-corrected chi connectivity index (χ1v) is 13.1. The van der Waals surface area contributed by atoms with E-state index >= 15 is 0 Å². The largest absolute Gasteiger partial charge is 0.378 e. The molecule has 190 valence electrons. The van der Waals surface area contributed by atoms with E-state index in [2.05, 4.69) is 10.3 Å². The summed E-state index contributed by atoms with van der Waals surface area (Å²) in [6.07, 6.45) is 13.3. The van der Waals surface area contributed by atoms with E-state index in [0.29, 0.717) is 37.3 Å². The number of carbonyl (C=O) groups is 2. The van der Waals surface area contributed by atoms with Crippen molar-refractivity contribution in [1.29, 1.82) is 0 Å². The van der Waals surface area contributed by atoms with Crippen molar-refractivity contribution in [3.8, 4) is 0 Å². The third-order valence-corrected chi connectivity index (χ3v) is 6.12. The van der Waals surface area contributed by atoms with Gasteiger partial charge >= 0.3 is 0 Å². The summed E-state index contributed by atoms with van der Waals surface area (Å²) in [4.78, 5) is 27.1. The van der Waals surface area contributed by atoms with Crippen molar-refractivity contribution in [2.75, 3.05) is 13.2 Å². The molecule has 6 heteroatoms. The van der Waals surface area contributed by atoms with Gasteiger partial charge in [0.1, 0.15) is 5.78 Å². The minimum Gasteiger partial charge on any atom is -0.378 e. The first-order chi connectivity index (χ1) is 15.5. The van der Waals surface area contributed by atoms with Crippen LogP contribution in [0.5, 0.6) is 0 Å². The highest BCUT2D eigenvalue weighted by Crippen LogP contribution is 2.26. The molecule has 0 bridgehead atoms. The van der Waals surface area contributed by atoms with Crippen molar-refractivity contribution in [2.24, 2.45) is 11.8 Å². The lowest BCUT2D eigenvalue weighted by atomic mass is 9.83. The topological polar surface area (TPSA) is 64.6 Å². The van der Waals surface area contributed by atoms with Crippen molar-refractivity contribution in [3.63, 3.8) is 0 Å². The maximum Gasteiger partial charge on any atom is 0.220 e. The lowest BCUT2D eigenvalue weighted by Gasteiger charge is -2.28. The standard InChI is InChI=1S/C19H33NO3.C5H11FO.C2H6/c1-2-18(21)15-10-12-16(13-11-15)20-19(22)9-6-14-23-17-7-4-3-5-8-17;1-5(2)3-4-7-6;1-2/h15-17H,2-14H2,1H3,(H,20,22);5H,3-4H2,1-2H3;1-2H3. The minimum absolute atomic E-state index is 0.141. The molecular formula is C26H50FNO4. The number of amides is 1. The summed E-state index contributed by atoms with van der Waals surface area (Å²) in [6, 6.07) is 0.266. The highest BCUT2D eigenvalue weighted by atomic mass is 19.3.